The molecule has 0 saturated heterocycles. The lowest BCUT2D eigenvalue weighted by atomic mass is 9.98. The number of hydrogen-bond acceptors (Lipinski definition) is 2. The summed E-state index contributed by atoms with van der Waals surface area (Å²) in [5, 5.41) is 3.47. The second-order valence-corrected chi connectivity index (χ2v) is 5.64. The van der Waals surface area contributed by atoms with Crippen LogP contribution in [0.3, 0.4) is 0 Å². The van der Waals surface area contributed by atoms with E-state index in [0.717, 1.165) is 24.0 Å². The Bertz CT molecular complexity index is 429. The summed E-state index contributed by atoms with van der Waals surface area (Å²) in [6.45, 7) is 4.48. The van der Waals surface area contributed by atoms with Crippen LogP contribution in [0.4, 0.5) is 0 Å². The number of benzene rings is 1. The molecule has 2 heteroatoms. The lowest BCUT2D eigenvalue weighted by molar-refractivity contribution is 0.254. The highest BCUT2D eigenvalue weighted by Crippen LogP contribution is 2.47. The molecule has 1 heterocycles. The molecule has 1 fully saturated rings. The maximum Gasteiger partial charge on any atom is 0.123 e. The average Bonchev–Trinajstić information content (AvgIpc) is 2.88. The molecule has 1 N–H and O–H groups in total. The van der Waals surface area contributed by atoms with Crippen molar-refractivity contribution >= 4 is 0 Å². The van der Waals surface area contributed by atoms with Gasteiger partial charge in [-0.25, -0.2) is 0 Å². The third kappa shape index (κ3) is 1.95. The van der Waals surface area contributed by atoms with Crippen molar-refractivity contribution in [2.45, 2.75) is 38.8 Å². The SMILES string of the molecule is CNC(c1ccc2c(c1)CC(C)O2)C1CC1C. The zero-order valence-electron chi connectivity index (χ0n) is 10.9. The minimum Gasteiger partial charge on any atom is -0.490 e. The van der Waals surface area contributed by atoms with Crippen LogP contribution >= 0.6 is 0 Å². The van der Waals surface area contributed by atoms with Gasteiger partial charge in [0.1, 0.15) is 11.9 Å². The molecule has 92 valence electrons. The van der Waals surface area contributed by atoms with E-state index >= 15 is 0 Å². The first-order valence-corrected chi connectivity index (χ1v) is 6.65. The molecule has 2 nitrogen and oxygen atoms in total. The summed E-state index contributed by atoms with van der Waals surface area (Å²) in [6.07, 6.45) is 2.75. The minimum atomic E-state index is 0.341. The zero-order valence-corrected chi connectivity index (χ0v) is 10.9. The maximum atomic E-state index is 5.75. The Morgan fingerprint density at radius 3 is 2.76 bits per heavy atom. The van der Waals surface area contributed by atoms with E-state index in [1.165, 1.54) is 17.5 Å². The molecular weight excluding hydrogens is 210 g/mol. The Morgan fingerprint density at radius 1 is 1.35 bits per heavy atom. The Hall–Kier alpha value is -1.02. The first-order chi connectivity index (χ1) is 8.19. The van der Waals surface area contributed by atoms with Gasteiger partial charge in [-0.15, -0.1) is 0 Å². The molecule has 0 aromatic heterocycles. The van der Waals surface area contributed by atoms with Gasteiger partial charge in [-0.1, -0.05) is 19.1 Å². The Labute approximate surface area is 103 Å². The molecule has 4 unspecified atom stereocenters. The molecule has 0 spiro atoms. The number of fused-ring (bicyclic) bond motifs is 1. The first kappa shape index (κ1) is 11.1. The number of ether oxygens (including phenoxy) is 1. The monoisotopic (exact) mass is 231 g/mol. The van der Waals surface area contributed by atoms with Crippen molar-refractivity contribution in [3.63, 3.8) is 0 Å². The fraction of sp³-hybridized carbons (Fsp3) is 0.600. The van der Waals surface area contributed by atoms with Crippen LogP contribution in [-0.4, -0.2) is 13.2 Å². The van der Waals surface area contributed by atoms with Gasteiger partial charge < -0.3 is 10.1 Å². The van der Waals surface area contributed by atoms with Crippen molar-refractivity contribution in [3.8, 4) is 5.75 Å². The van der Waals surface area contributed by atoms with Crippen LogP contribution in [0.5, 0.6) is 5.75 Å². The molecule has 3 rings (SSSR count). The Morgan fingerprint density at radius 2 is 2.12 bits per heavy atom. The second kappa shape index (κ2) is 4.02. The molecule has 1 aliphatic heterocycles. The van der Waals surface area contributed by atoms with Crippen LogP contribution in [0, 0.1) is 11.8 Å². The molecule has 4 atom stereocenters. The van der Waals surface area contributed by atoms with E-state index in [1.807, 2.05) is 0 Å². The van der Waals surface area contributed by atoms with Crippen molar-refractivity contribution in [2.24, 2.45) is 11.8 Å². The third-order valence-corrected chi connectivity index (χ3v) is 4.19. The normalized spacial score (nSPS) is 31.8. The summed E-state index contributed by atoms with van der Waals surface area (Å²) in [5.74, 6) is 2.77. The van der Waals surface area contributed by atoms with Gasteiger partial charge in [0.05, 0.1) is 0 Å². The van der Waals surface area contributed by atoms with Gasteiger partial charge in [-0.3, -0.25) is 0 Å². The van der Waals surface area contributed by atoms with Crippen molar-refractivity contribution < 1.29 is 4.74 Å². The third-order valence-electron chi connectivity index (χ3n) is 4.19. The maximum absolute atomic E-state index is 5.75. The van der Waals surface area contributed by atoms with Crippen LogP contribution in [0.25, 0.3) is 0 Å². The van der Waals surface area contributed by atoms with E-state index < -0.39 is 0 Å². The average molecular weight is 231 g/mol. The number of nitrogens with one attached hydrogen (secondary N) is 1. The molecule has 1 aromatic rings. The predicted molar refractivity (Wildman–Crippen MR) is 69.3 cm³/mol. The summed E-state index contributed by atoms with van der Waals surface area (Å²) in [7, 11) is 2.07. The quantitative estimate of drug-likeness (QED) is 0.863. The summed E-state index contributed by atoms with van der Waals surface area (Å²) < 4.78 is 5.75. The Balaban J connectivity index is 1.86. The van der Waals surface area contributed by atoms with E-state index in [-0.39, 0.29) is 0 Å². The summed E-state index contributed by atoms with van der Waals surface area (Å²) in [6, 6.07) is 7.23. The van der Waals surface area contributed by atoms with Crippen molar-refractivity contribution in [2.75, 3.05) is 7.05 Å². The van der Waals surface area contributed by atoms with Gasteiger partial charge in [-0.2, -0.15) is 0 Å². The summed E-state index contributed by atoms with van der Waals surface area (Å²) in [5.41, 5.74) is 2.81. The highest BCUT2D eigenvalue weighted by atomic mass is 16.5. The van der Waals surface area contributed by atoms with Crippen LogP contribution in [-0.2, 0) is 6.42 Å². The van der Waals surface area contributed by atoms with E-state index in [4.69, 9.17) is 4.74 Å². The standard InChI is InChI=1S/C15H21NO/c1-9-6-13(9)15(16-3)11-4-5-14-12(8-11)7-10(2)17-14/h4-5,8-10,13,15-16H,6-7H2,1-3H3. The lowest BCUT2D eigenvalue weighted by Gasteiger charge is -2.17. The van der Waals surface area contributed by atoms with Crippen LogP contribution in [0.2, 0.25) is 0 Å². The molecule has 1 saturated carbocycles. The molecule has 0 radical (unpaired) electrons. The van der Waals surface area contributed by atoms with Crippen LogP contribution in [0.15, 0.2) is 18.2 Å². The second-order valence-electron chi connectivity index (χ2n) is 5.64. The fourth-order valence-corrected chi connectivity index (χ4v) is 3.08. The van der Waals surface area contributed by atoms with Gasteiger partial charge in [0.2, 0.25) is 0 Å². The van der Waals surface area contributed by atoms with Gasteiger partial charge in [0, 0.05) is 12.5 Å². The highest BCUT2D eigenvalue weighted by molar-refractivity contribution is 5.42. The lowest BCUT2D eigenvalue weighted by Crippen LogP contribution is -2.19. The van der Waals surface area contributed by atoms with E-state index in [9.17, 15) is 0 Å². The van der Waals surface area contributed by atoms with Gasteiger partial charge in [0.25, 0.3) is 0 Å². The zero-order chi connectivity index (χ0) is 12.0. The molecule has 0 bridgehead atoms. The predicted octanol–water partition coefficient (Wildman–Crippen LogP) is 2.93. The fourth-order valence-electron chi connectivity index (χ4n) is 3.08. The molecular formula is C15H21NO. The first-order valence-electron chi connectivity index (χ1n) is 6.65. The van der Waals surface area contributed by atoms with Crippen molar-refractivity contribution in [1.29, 1.82) is 0 Å². The van der Waals surface area contributed by atoms with E-state index in [2.05, 4.69) is 44.4 Å². The van der Waals surface area contributed by atoms with Crippen LogP contribution < -0.4 is 10.1 Å². The highest BCUT2D eigenvalue weighted by Gasteiger charge is 2.39. The minimum absolute atomic E-state index is 0.341. The van der Waals surface area contributed by atoms with Crippen molar-refractivity contribution in [1.82, 2.24) is 5.32 Å². The molecule has 1 aromatic carbocycles. The summed E-state index contributed by atoms with van der Waals surface area (Å²) >= 11 is 0. The smallest absolute Gasteiger partial charge is 0.123 e. The van der Waals surface area contributed by atoms with Crippen molar-refractivity contribution in [3.05, 3.63) is 29.3 Å². The molecule has 1 aliphatic carbocycles. The van der Waals surface area contributed by atoms with Crippen LogP contribution in [0.1, 0.15) is 37.4 Å². The van der Waals surface area contributed by atoms with E-state index in [1.54, 1.807) is 0 Å². The van der Waals surface area contributed by atoms with Gasteiger partial charge in [-0.05, 0) is 49.4 Å². The topological polar surface area (TPSA) is 21.3 Å². The Kier molecular flexibility index (Phi) is 2.62. The van der Waals surface area contributed by atoms with E-state index in [0.29, 0.717) is 12.1 Å². The van der Waals surface area contributed by atoms with Gasteiger partial charge in [0.15, 0.2) is 0 Å². The summed E-state index contributed by atoms with van der Waals surface area (Å²) in [4.78, 5) is 0. The number of rotatable bonds is 3. The molecule has 0 amide bonds. The molecule has 2 aliphatic rings. The molecule has 17 heavy (non-hydrogen) atoms. The van der Waals surface area contributed by atoms with Gasteiger partial charge >= 0.3 is 0 Å². The number of hydrogen-bond donors (Lipinski definition) is 1. The largest absolute Gasteiger partial charge is 0.490 e.